The third-order valence-electron chi connectivity index (χ3n) is 5.55. The molecule has 0 bridgehead atoms. The van der Waals surface area contributed by atoms with E-state index < -0.39 is 32.3 Å². The van der Waals surface area contributed by atoms with Gasteiger partial charge in [-0.3, -0.25) is 9.59 Å². The van der Waals surface area contributed by atoms with Crippen LogP contribution >= 0.6 is 11.6 Å². The molecule has 2 fully saturated rings. The Balaban J connectivity index is 1.96. The zero-order valence-corrected chi connectivity index (χ0v) is 16.1. The topological polar surface area (TPSA) is 97.5 Å². The van der Waals surface area contributed by atoms with Crippen LogP contribution in [-0.4, -0.2) is 43.0 Å². The van der Waals surface area contributed by atoms with Crippen LogP contribution in [0.15, 0.2) is 29.2 Å². The average molecular weight is 399 g/mol. The van der Waals surface area contributed by atoms with E-state index in [0.717, 1.165) is 0 Å². The number of likely N-dealkylation sites (tertiary alicyclic amines) is 1. The first-order chi connectivity index (χ1) is 12.3. The molecule has 142 valence electrons. The van der Waals surface area contributed by atoms with E-state index in [9.17, 15) is 18.0 Å². The zero-order chi connectivity index (χ0) is 18.9. The number of benzene rings is 1. The van der Waals surface area contributed by atoms with E-state index in [-0.39, 0.29) is 11.4 Å². The van der Waals surface area contributed by atoms with E-state index in [1.54, 1.807) is 0 Å². The maximum atomic E-state index is 13.4. The van der Waals surface area contributed by atoms with E-state index >= 15 is 0 Å². The van der Waals surface area contributed by atoms with Crippen molar-refractivity contribution in [3.63, 3.8) is 0 Å². The molecular formula is C18H23ClN2O4S. The van der Waals surface area contributed by atoms with Crippen LogP contribution in [0.3, 0.4) is 0 Å². The number of rotatable bonds is 4. The van der Waals surface area contributed by atoms with Crippen molar-refractivity contribution in [3.05, 3.63) is 29.3 Å². The molecule has 3 rings (SSSR count). The van der Waals surface area contributed by atoms with Crippen molar-refractivity contribution in [1.82, 2.24) is 4.90 Å². The molecule has 26 heavy (non-hydrogen) atoms. The number of sulfone groups is 1. The monoisotopic (exact) mass is 398 g/mol. The number of amides is 2. The van der Waals surface area contributed by atoms with Crippen LogP contribution in [0.1, 0.15) is 38.5 Å². The van der Waals surface area contributed by atoms with Gasteiger partial charge >= 0.3 is 0 Å². The van der Waals surface area contributed by atoms with Crippen molar-refractivity contribution in [2.75, 3.05) is 13.1 Å². The Morgan fingerprint density at radius 2 is 1.73 bits per heavy atom. The first-order valence-electron chi connectivity index (χ1n) is 8.87. The molecule has 1 unspecified atom stereocenters. The smallest absolute Gasteiger partial charge is 0.244 e. The second-order valence-electron chi connectivity index (χ2n) is 7.15. The molecule has 2 amide bonds. The third-order valence-corrected chi connectivity index (χ3v) is 8.31. The summed E-state index contributed by atoms with van der Waals surface area (Å²) in [6.07, 6.45) is 3.26. The molecule has 1 aromatic carbocycles. The van der Waals surface area contributed by atoms with Gasteiger partial charge in [0.1, 0.15) is 0 Å². The summed E-state index contributed by atoms with van der Waals surface area (Å²) in [7, 11) is -3.87. The van der Waals surface area contributed by atoms with Gasteiger partial charge in [-0.1, -0.05) is 24.4 Å². The minimum Gasteiger partial charge on any atom is -0.369 e. The summed E-state index contributed by atoms with van der Waals surface area (Å²) in [5, 5.41) is 0.441. The number of hydrogen-bond donors (Lipinski definition) is 1. The predicted octanol–water partition coefficient (Wildman–Crippen LogP) is 2.15. The van der Waals surface area contributed by atoms with Crippen LogP contribution in [0.5, 0.6) is 0 Å². The Hall–Kier alpha value is -1.60. The normalized spacial score (nSPS) is 23.0. The highest BCUT2D eigenvalue weighted by Crippen LogP contribution is 2.42. The van der Waals surface area contributed by atoms with E-state index in [1.165, 1.54) is 29.2 Å². The van der Waals surface area contributed by atoms with Crippen LogP contribution in [0.4, 0.5) is 0 Å². The Morgan fingerprint density at radius 3 is 2.31 bits per heavy atom. The molecule has 0 radical (unpaired) electrons. The lowest BCUT2D eigenvalue weighted by Gasteiger charge is -2.38. The summed E-state index contributed by atoms with van der Waals surface area (Å²) in [5.41, 5.74) is 5.40. The van der Waals surface area contributed by atoms with Gasteiger partial charge in [-0.25, -0.2) is 8.42 Å². The molecule has 1 heterocycles. The summed E-state index contributed by atoms with van der Waals surface area (Å²) in [4.78, 5) is 26.5. The van der Waals surface area contributed by atoms with Gasteiger partial charge < -0.3 is 10.6 Å². The number of carbonyl (C=O) groups is 2. The van der Waals surface area contributed by atoms with Crippen LogP contribution in [-0.2, 0) is 19.4 Å². The predicted molar refractivity (Wildman–Crippen MR) is 98.3 cm³/mol. The molecular weight excluding hydrogens is 376 g/mol. The number of carbonyl (C=O) groups excluding carboxylic acids is 2. The summed E-state index contributed by atoms with van der Waals surface area (Å²) in [6, 6.07) is 5.94. The van der Waals surface area contributed by atoms with E-state index in [4.69, 9.17) is 17.3 Å². The molecule has 1 aromatic rings. The molecule has 6 nitrogen and oxygen atoms in total. The van der Waals surface area contributed by atoms with Gasteiger partial charge in [-0.2, -0.15) is 0 Å². The maximum absolute atomic E-state index is 13.4. The summed E-state index contributed by atoms with van der Waals surface area (Å²) in [5.74, 6) is -1.25. The third kappa shape index (κ3) is 3.22. The Bertz CT molecular complexity index is 801. The Morgan fingerprint density at radius 1 is 1.12 bits per heavy atom. The summed E-state index contributed by atoms with van der Waals surface area (Å²) in [6.45, 7) is 0.659. The lowest BCUT2D eigenvalue weighted by atomic mass is 9.95. The van der Waals surface area contributed by atoms with Crippen molar-refractivity contribution in [2.24, 2.45) is 11.7 Å². The van der Waals surface area contributed by atoms with Crippen LogP contribution in [0.25, 0.3) is 0 Å². The number of hydrogen-bond acceptors (Lipinski definition) is 4. The van der Waals surface area contributed by atoms with Crippen molar-refractivity contribution in [1.29, 1.82) is 0 Å². The van der Waals surface area contributed by atoms with Gasteiger partial charge in [0, 0.05) is 18.1 Å². The molecule has 2 N–H and O–H groups in total. The summed E-state index contributed by atoms with van der Waals surface area (Å²) < 4.78 is 25.3. The minimum atomic E-state index is -3.87. The molecule has 1 saturated heterocycles. The Labute approximate surface area is 158 Å². The fourth-order valence-electron chi connectivity index (χ4n) is 4.06. The quantitative estimate of drug-likeness (QED) is 0.840. The highest BCUT2D eigenvalue weighted by atomic mass is 35.5. The van der Waals surface area contributed by atoms with Gasteiger partial charge in [-0.15, -0.1) is 0 Å². The second kappa shape index (κ2) is 7.19. The van der Waals surface area contributed by atoms with Crippen molar-refractivity contribution < 1.29 is 18.0 Å². The molecule has 0 aromatic heterocycles. The molecule has 1 saturated carbocycles. The fourth-order valence-corrected chi connectivity index (χ4v) is 6.32. The van der Waals surface area contributed by atoms with Crippen molar-refractivity contribution >= 4 is 33.3 Å². The zero-order valence-electron chi connectivity index (χ0n) is 14.5. The lowest BCUT2D eigenvalue weighted by Crippen LogP contribution is -2.55. The molecule has 8 heteroatoms. The SMILES string of the molecule is NC(=O)C1CCCN(C(=O)C2(S(=O)(=O)c3ccc(Cl)cc3)CCCC2)C1. The lowest BCUT2D eigenvalue weighted by molar-refractivity contribution is -0.137. The first kappa shape index (κ1) is 19.2. The van der Waals surface area contributed by atoms with E-state index in [2.05, 4.69) is 0 Å². The minimum absolute atomic E-state index is 0.112. The number of primary amides is 1. The first-order valence-corrected chi connectivity index (χ1v) is 10.7. The number of nitrogens with two attached hydrogens (primary N) is 1. The van der Waals surface area contributed by atoms with Crippen LogP contribution < -0.4 is 5.73 Å². The maximum Gasteiger partial charge on any atom is 0.244 e. The van der Waals surface area contributed by atoms with Crippen molar-refractivity contribution in [2.45, 2.75) is 48.2 Å². The molecule has 2 aliphatic rings. The van der Waals surface area contributed by atoms with Gasteiger partial charge in [-0.05, 0) is 49.9 Å². The fraction of sp³-hybridized carbons (Fsp3) is 0.556. The van der Waals surface area contributed by atoms with Crippen LogP contribution in [0.2, 0.25) is 5.02 Å². The van der Waals surface area contributed by atoms with Crippen molar-refractivity contribution in [3.8, 4) is 0 Å². The highest BCUT2D eigenvalue weighted by molar-refractivity contribution is 7.93. The number of halogens is 1. The summed E-state index contributed by atoms with van der Waals surface area (Å²) >= 11 is 5.87. The molecule has 0 spiro atoms. The molecule has 1 aliphatic heterocycles. The van der Waals surface area contributed by atoms with Gasteiger partial charge in [0.05, 0.1) is 10.8 Å². The van der Waals surface area contributed by atoms with Gasteiger partial charge in [0.25, 0.3) is 0 Å². The molecule has 1 aliphatic carbocycles. The van der Waals surface area contributed by atoms with E-state index in [1.807, 2.05) is 0 Å². The highest BCUT2D eigenvalue weighted by Gasteiger charge is 2.54. The van der Waals surface area contributed by atoms with Crippen LogP contribution in [0, 0.1) is 5.92 Å². The number of piperidine rings is 1. The standard InChI is InChI=1S/C18H23ClN2O4S/c19-14-5-7-15(8-6-14)26(24,25)18(9-1-2-10-18)17(23)21-11-3-4-13(12-21)16(20)22/h5-8,13H,1-4,9-12H2,(H2,20,22). The number of nitrogens with zero attached hydrogens (tertiary/aromatic N) is 1. The van der Waals surface area contributed by atoms with Gasteiger partial charge in [0.15, 0.2) is 14.6 Å². The Kier molecular flexibility index (Phi) is 5.30. The molecule has 1 atom stereocenters. The largest absolute Gasteiger partial charge is 0.369 e. The second-order valence-corrected chi connectivity index (χ2v) is 9.85. The average Bonchev–Trinajstić information content (AvgIpc) is 3.13. The van der Waals surface area contributed by atoms with Gasteiger partial charge in [0.2, 0.25) is 11.8 Å². The van der Waals surface area contributed by atoms with E-state index in [0.29, 0.717) is 50.1 Å².